The molecule has 3 heteroatoms. The number of rotatable bonds is 5. The van der Waals surface area contributed by atoms with Gasteiger partial charge in [0.05, 0.1) is 18.3 Å². The largest absolute Gasteiger partial charge is 0.392 e. The molecule has 13 heavy (non-hydrogen) atoms. The Bertz CT molecular complexity index is 141. The van der Waals surface area contributed by atoms with Gasteiger partial charge in [-0.3, -0.25) is 0 Å². The zero-order valence-electron chi connectivity index (χ0n) is 8.62. The Kier molecular flexibility index (Phi) is 4.70. The minimum Gasteiger partial charge on any atom is -0.392 e. The fourth-order valence-electron chi connectivity index (χ4n) is 1.76. The Morgan fingerprint density at radius 2 is 2.31 bits per heavy atom. The SMILES string of the molecule is CCNCC(O)CC1CCC(C)O1. The number of ether oxygens (including phenoxy) is 1. The number of likely N-dealkylation sites (N-methyl/N-ethyl adjacent to an activating group) is 1. The van der Waals surface area contributed by atoms with Gasteiger partial charge in [0.25, 0.3) is 0 Å². The number of aliphatic hydroxyl groups excluding tert-OH is 1. The Balaban J connectivity index is 2.09. The molecule has 0 bridgehead atoms. The van der Waals surface area contributed by atoms with E-state index in [0.29, 0.717) is 12.6 Å². The monoisotopic (exact) mass is 187 g/mol. The molecule has 78 valence electrons. The third kappa shape index (κ3) is 4.07. The topological polar surface area (TPSA) is 41.5 Å². The van der Waals surface area contributed by atoms with Crippen molar-refractivity contribution >= 4 is 0 Å². The summed E-state index contributed by atoms with van der Waals surface area (Å²) >= 11 is 0. The first-order valence-electron chi connectivity index (χ1n) is 5.26. The lowest BCUT2D eigenvalue weighted by atomic mass is 10.1. The van der Waals surface area contributed by atoms with Gasteiger partial charge in [-0.2, -0.15) is 0 Å². The predicted octanol–water partition coefficient (Wildman–Crippen LogP) is 0.914. The maximum Gasteiger partial charge on any atom is 0.0689 e. The summed E-state index contributed by atoms with van der Waals surface area (Å²) in [6.07, 6.45) is 3.43. The Morgan fingerprint density at radius 3 is 2.85 bits per heavy atom. The van der Waals surface area contributed by atoms with E-state index in [1.807, 2.05) is 6.92 Å². The van der Waals surface area contributed by atoms with Crippen LogP contribution in [0.1, 0.15) is 33.1 Å². The lowest BCUT2D eigenvalue weighted by Crippen LogP contribution is -2.29. The lowest BCUT2D eigenvalue weighted by Gasteiger charge is -2.16. The molecule has 0 aromatic rings. The summed E-state index contributed by atoms with van der Waals surface area (Å²) in [7, 11) is 0. The number of nitrogens with one attached hydrogen (secondary N) is 1. The van der Waals surface area contributed by atoms with E-state index in [9.17, 15) is 5.11 Å². The van der Waals surface area contributed by atoms with E-state index in [2.05, 4.69) is 12.2 Å². The second-order valence-electron chi connectivity index (χ2n) is 3.84. The summed E-state index contributed by atoms with van der Waals surface area (Å²) in [5, 5.41) is 12.7. The van der Waals surface area contributed by atoms with Crippen molar-refractivity contribution < 1.29 is 9.84 Å². The average Bonchev–Trinajstić information content (AvgIpc) is 2.48. The van der Waals surface area contributed by atoms with Crippen molar-refractivity contribution in [3.05, 3.63) is 0 Å². The second kappa shape index (κ2) is 5.58. The van der Waals surface area contributed by atoms with Crippen LogP contribution in [0.25, 0.3) is 0 Å². The molecule has 1 saturated heterocycles. The van der Waals surface area contributed by atoms with Gasteiger partial charge in [0.15, 0.2) is 0 Å². The van der Waals surface area contributed by atoms with Crippen molar-refractivity contribution in [2.75, 3.05) is 13.1 Å². The van der Waals surface area contributed by atoms with Crippen LogP contribution >= 0.6 is 0 Å². The standard InChI is InChI=1S/C10H21NO2/c1-3-11-7-9(12)6-10-5-4-8(2)13-10/h8-12H,3-7H2,1-2H3. The van der Waals surface area contributed by atoms with Gasteiger partial charge in [0.2, 0.25) is 0 Å². The van der Waals surface area contributed by atoms with E-state index in [4.69, 9.17) is 4.74 Å². The quantitative estimate of drug-likeness (QED) is 0.672. The summed E-state index contributed by atoms with van der Waals surface area (Å²) in [4.78, 5) is 0. The fraction of sp³-hybridized carbons (Fsp3) is 1.00. The molecule has 0 saturated carbocycles. The molecular formula is C10H21NO2. The third-order valence-corrected chi connectivity index (χ3v) is 2.48. The van der Waals surface area contributed by atoms with Gasteiger partial charge in [-0.05, 0) is 26.3 Å². The molecule has 0 radical (unpaired) electrons. The van der Waals surface area contributed by atoms with Gasteiger partial charge < -0.3 is 15.2 Å². The van der Waals surface area contributed by atoms with Crippen LogP contribution in [0.5, 0.6) is 0 Å². The molecule has 1 fully saturated rings. The van der Waals surface area contributed by atoms with Gasteiger partial charge >= 0.3 is 0 Å². The van der Waals surface area contributed by atoms with E-state index < -0.39 is 0 Å². The molecule has 2 N–H and O–H groups in total. The maximum absolute atomic E-state index is 9.58. The molecule has 1 rings (SSSR count). The van der Waals surface area contributed by atoms with Gasteiger partial charge in [0, 0.05) is 13.0 Å². The first kappa shape index (κ1) is 11.0. The van der Waals surface area contributed by atoms with Gasteiger partial charge in [-0.15, -0.1) is 0 Å². The third-order valence-electron chi connectivity index (χ3n) is 2.48. The number of hydrogen-bond acceptors (Lipinski definition) is 3. The summed E-state index contributed by atoms with van der Waals surface area (Å²) in [6.45, 7) is 5.74. The normalized spacial score (nSPS) is 30.7. The zero-order valence-corrected chi connectivity index (χ0v) is 8.62. The molecular weight excluding hydrogens is 166 g/mol. The molecule has 1 heterocycles. The first-order valence-corrected chi connectivity index (χ1v) is 5.26. The predicted molar refractivity (Wildman–Crippen MR) is 52.7 cm³/mol. The highest BCUT2D eigenvalue weighted by molar-refractivity contribution is 4.74. The lowest BCUT2D eigenvalue weighted by molar-refractivity contribution is 0.0201. The van der Waals surface area contributed by atoms with Gasteiger partial charge in [-0.1, -0.05) is 6.92 Å². The van der Waals surface area contributed by atoms with E-state index in [1.165, 1.54) is 0 Å². The van der Waals surface area contributed by atoms with Crippen molar-refractivity contribution in [2.45, 2.75) is 51.4 Å². The molecule has 0 aliphatic carbocycles. The van der Waals surface area contributed by atoms with Crippen LogP contribution in [0.4, 0.5) is 0 Å². The Labute approximate surface area is 80.5 Å². The van der Waals surface area contributed by atoms with Crippen LogP contribution in [-0.2, 0) is 4.74 Å². The van der Waals surface area contributed by atoms with E-state index >= 15 is 0 Å². The van der Waals surface area contributed by atoms with Gasteiger partial charge in [-0.25, -0.2) is 0 Å². The molecule has 1 aliphatic rings. The second-order valence-corrected chi connectivity index (χ2v) is 3.84. The van der Waals surface area contributed by atoms with E-state index in [-0.39, 0.29) is 12.2 Å². The van der Waals surface area contributed by atoms with Crippen molar-refractivity contribution in [3.8, 4) is 0 Å². The van der Waals surface area contributed by atoms with Crippen LogP contribution in [0.15, 0.2) is 0 Å². The molecule has 0 aromatic carbocycles. The first-order chi connectivity index (χ1) is 6.22. The van der Waals surface area contributed by atoms with Crippen LogP contribution < -0.4 is 5.32 Å². The molecule has 1 aliphatic heterocycles. The molecule has 0 spiro atoms. The minimum atomic E-state index is -0.254. The van der Waals surface area contributed by atoms with Crippen molar-refractivity contribution in [3.63, 3.8) is 0 Å². The number of aliphatic hydroxyl groups is 1. The summed E-state index contributed by atoms with van der Waals surface area (Å²) in [5.41, 5.74) is 0. The molecule has 3 nitrogen and oxygen atoms in total. The maximum atomic E-state index is 9.58. The molecule has 3 atom stereocenters. The molecule has 0 amide bonds. The Hall–Kier alpha value is -0.120. The highest BCUT2D eigenvalue weighted by atomic mass is 16.5. The minimum absolute atomic E-state index is 0.254. The van der Waals surface area contributed by atoms with E-state index in [0.717, 1.165) is 25.8 Å². The van der Waals surface area contributed by atoms with Crippen molar-refractivity contribution in [1.29, 1.82) is 0 Å². The Morgan fingerprint density at radius 1 is 1.54 bits per heavy atom. The smallest absolute Gasteiger partial charge is 0.0689 e. The molecule has 0 aromatic heterocycles. The zero-order chi connectivity index (χ0) is 9.68. The highest BCUT2D eigenvalue weighted by Gasteiger charge is 2.23. The fourth-order valence-corrected chi connectivity index (χ4v) is 1.76. The average molecular weight is 187 g/mol. The summed E-state index contributed by atoms with van der Waals surface area (Å²) in [5.74, 6) is 0. The summed E-state index contributed by atoms with van der Waals surface area (Å²) in [6, 6.07) is 0. The number of hydrogen-bond donors (Lipinski definition) is 2. The van der Waals surface area contributed by atoms with Crippen LogP contribution in [-0.4, -0.2) is 36.5 Å². The summed E-state index contributed by atoms with van der Waals surface area (Å²) < 4.78 is 5.62. The highest BCUT2D eigenvalue weighted by Crippen LogP contribution is 2.22. The van der Waals surface area contributed by atoms with E-state index in [1.54, 1.807) is 0 Å². The van der Waals surface area contributed by atoms with Crippen molar-refractivity contribution in [1.82, 2.24) is 5.32 Å². The van der Waals surface area contributed by atoms with Crippen molar-refractivity contribution in [2.24, 2.45) is 0 Å². The van der Waals surface area contributed by atoms with Crippen LogP contribution in [0, 0.1) is 0 Å². The molecule has 3 unspecified atom stereocenters. The van der Waals surface area contributed by atoms with Gasteiger partial charge in [0.1, 0.15) is 0 Å². The van der Waals surface area contributed by atoms with Crippen LogP contribution in [0.2, 0.25) is 0 Å². The van der Waals surface area contributed by atoms with Crippen LogP contribution in [0.3, 0.4) is 0 Å².